The normalized spacial score (nSPS) is 17.3. The molecule has 0 aliphatic carbocycles. The maximum Gasteiger partial charge on any atom is 0.244 e. The molecule has 1 aliphatic rings. The van der Waals surface area contributed by atoms with E-state index in [1.165, 1.54) is 11.1 Å². The zero-order chi connectivity index (χ0) is 29.7. The van der Waals surface area contributed by atoms with Gasteiger partial charge in [-0.15, -0.1) is 0 Å². The lowest BCUT2D eigenvalue weighted by molar-refractivity contribution is -0.135. The van der Waals surface area contributed by atoms with Gasteiger partial charge < -0.3 is 21.7 Å². The van der Waals surface area contributed by atoms with E-state index in [1.54, 1.807) is 6.08 Å². The van der Waals surface area contributed by atoms with Crippen molar-refractivity contribution in [3.8, 4) is 0 Å². The Kier molecular flexibility index (Phi) is 11.3. The molecule has 7 nitrogen and oxygen atoms in total. The largest absolute Gasteiger partial charge is 0.370 e. The van der Waals surface area contributed by atoms with Gasteiger partial charge in [-0.05, 0) is 66.9 Å². The van der Waals surface area contributed by atoms with Crippen molar-refractivity contribution in [2.75, 3.05) is 26.2 Å². The van der Waals surface area contributed by atoms with Crippen molar-refractivity contribution in [1.82, 2.24) is 10.2 Å². The Morgan fingerprint density at radius 3 is 2.29 bits per heavy atom. The van der Waals surface area contributed by atoms with Crippen LogP contribution < -0.4 is 16.8 Å². The van der Waals surface area contributed by atoms with Crippen LogP contribution in [0.3, 0.4) is 0 Å². The molecule has 3 aromatic carbocycles. The van der Waals surface area contributed by atoms with E-state index in [0.29, 0.717) is 32.6 Å². The van der Waals surface area contributed by atoms with E-state index in [4.69, 9.17) is 11.5 Å². The molecule has 4 rings (SSSR count). The molecule has 1 fully saturated rings. The molecule has 220 valence electrons. The summed E-state index contributed by atoms with van der Waals surface area (Å²) < 4.78 is 0. The molecule has 5 N–H and O–H groups in total. The Balaban J connectivity index is 1.47. The molecule has 3 aromatic rings. The van der Waals surface area contributed by atoms with Crippen molar-refractivity contribution in [3.63, 3.8) is 0 Å². The van der Waals surface area contributed by atoms with E-state index in [-0.39, 0.29) is 35.5 Å². The first-order valence-corrected chi connectivity index (χ1v) is 14.9. The van der Waals surface area contributed by atoms with Crippen LogP contribution in [0.4, 0.5) is 0 Å². The molecule has 0 unspecified atom stereocenters. The number of carbonyl (C=O) groups excluding carboxylic acids is 2. The average Bonchev–Trinajstić information content (AvgIpc) is 3.15. The summed E-state index contributed by atoms with van der Waals surface area (Å²) in [7, 11) is 0. The highest BCUT2D eigenvalue weighted by atomic mass is 16.2. The number of carbonyl (C=O) groups is 2. The molecule has 0 radical (unpaired) electrons. The first-order valence-electron chi connectivity index (χ1n) is 14.9. The molecule has 7 heteroatoms. The highest BCUT2D eigenvalue weighted by molar-refractivity contribution is 5.91. The minimum Gasteiger partial charge on any atom is -0.370 e. The van der Waals surface area contributed by atoms with Gasteiger partial charge >= 0.3 is 0 Å². The highest BCUT2D eigenvalue weighted by Crippen LogP contribution is 2.31. The summed E-state index contributed by atoms with van der Waals surface area (Å²) in [5.41, 5.74) is 15.6. The Morgan fingerprint density at radius 1 is 1.00 bits per heavy atom. The molecule has 1 saturated heterocycles. The van der Waals surface area contributed by atoms with Gasteiger partial charge in [0.05, 0.1) is 0 Å². The van der Waals surface area contributed by atoms with Gasteiger partial charge in [-0.25, -0.2) is 0 Å². The summed E-state index contributed by atoms with van der Waals surface area (Å²) in [6.07, 6.45) is 6.41. The number of hydrogen-bond acceptors (Lipinski definition) is 3. The van der Waals surface area contributed by atoms with Crippen molar-refractivity contribution in [2.45, 2.75) is 38.5 Å². The monoisotopic (exact) mass is 565 g/mol. The topological polar surface area (TPSA) is 114 Å². The van der Waals surface area contributed by atoms with Crippen molar-refractivity contribution < 1.29 is 9.59 Å². The number of likely N-dealkylation sites (tertiary alicyclic amines) is 1. The number of aryl methyl sites for hydroxylation is 1. The number of benzene rings is 3. The van der Waals surface area contributed by atoms with Crippen LogP contribution >= 0.6 is 0 Å². The second-order valence-electron chi connectivity index (χ2n) is 11.1. The van der Waals surface area contributed by atoms with Crippen LogP contribution in [0.15, 0.2) is 96.0 Å². The molecule has 2 atom stereocenters. The Morgan fingerprint density at radius 2 is 1.64 bits per heavy atom. The van der Waals surface area contributed by atoms with Crippen LogP contribution in [0.1, 0.15) is 53.9 Å². The van der Waals surface area contributed by atoms with Gasteiger partial charge in [0, 0.05) is 44.1 Å². The molecule has 42 heavy (non-hydrogen) atoms. The van der Waals surface area contributed by atoms with E-state index in [0.717, 1.165) is 30.4 Å². The van der Waals surface area contributed by atoms with Crippen LogP contribution in [-0.4, -0.2) is 48.9 Å². The minimum atomic E-state index is -0.154. The number of guanidine groups is 1. The average molecular weight is 566 g/mol. The van der Waals surface area contributed by atoms with Crippen LogP contribution in [0.25, 0.3) is 6.08 Å². The number of nitrogens with two attached hydrogens (primary N) is 2. The van der Waals surface area contributed by atoms with Crippen molar-refractivity contribution in [3.05, 3.63) is 113 Å². The van der Waals surface area contributed by atoms with Gasteiger partial charge in [0.2, 0.25) is 11.8 Å². The van der Waals surface area contributed by atoms with Crippen LogP contribution in [-0.2, 0) is 9.59 Å². The summed E-state index contributed by atoms with van der Waals surface area (Å²) >= 11 is 0. The van der Waals surface area contributed by atoms with E-state index in [9.17, 15) is 9.59 Å². The number of aliphatic imine (C=N–C) groups is 1. The lowest BCUT2D eigenvalue weighted by Gasteiger charge is -2.29. The lowest BCUT2D eigenvalue weighted by atomic mass is 9.89. The van der Waals surface area contributed by atoms with Gasteiger partial charge in [-0.2, -0.15) is 0 Å². The van der Waals surface area contributed by atoms with E-state index >= 15 is 0 Å². The van der Waals surface area contributed by atoms with Gasteiger partial charge in [0.1, 0.15) is 0 Å². The van der Waals surface area contributed by atoms with Gasteiger partial charge in [-0.3, -0.25) is 14.6 Å². The third-order valence-electron chi connectivity index (χ3n) is 8.07. The molecule has 2 amide bonds. The second-order valence-corrected chi connectivity index (χ2v) is 11.1. The molecule has 0 saturated carbocycles. The molecule has 1 heterocycles. The predicted molar refractivity (Wildman–Crippen MR) is 171 cm³/mol. The number of nitrogens with zero attached hydrogens (tertiary/aromatic N) is 2. The summed E-state index contributed by atoms with van der Waals surface area (Å²) in [5.74, 6) is 0.222. The third kappa shape index (κ3) is 9.06. The smallest absolute Gasteiger partial charge is 0.244 e. The number of nitrogens with one attached hydrogen (secondary N) is 1. The molecular weight excluding hydrogens is 522 g/mol. The maximum absolute atomic E-state index is 14.0. The predicted octanol–water partition coefficient (Wildman–Crippen LogP) is 4.86. The van der Waals surface area contributed by atoms with E-state index < -0.39 is 0 Å². The quantitative estimate of drug-likeness (QED) is 0.126. The molecular formula is C35H43N5O2. The fourth-order valence-corrected chi connectivity index (χ4v) is 5.72. The SMILES string of the molecule is Cc1ccccc1/C=C/C(=O)NC[C@@H]1CCN(CC(c2ccccc2)c2ccccc2)C(=O)[C@H](CCCN=C(N)N)C1. The highest BCUT2D eigenvalue weighted by Gasteiger charge is 2.33. The minimum absolute atomic E-state index is 0.0664. The summed E-state index contributed by atoms with van der Waals surface area (Å²) in [5, 5.41) is 3.08. The lowest BCUT2D eigenvalue weighted by Crippen LogP contribution is -2.38. The number of hydrogen-bond donors (Lipinski definition) is 3. The fourth-order valence-electron chi connectivity index (χ4n) is 5.72. The van der Waals surface area contributed by atoms with Crippen LogP contribution in [0, 0.1) is 18.8 Å². The number of amides is 2. The summed E-state index contributed by atoms with van der Waals surface area (Å²) in [6.45, 7) is 4.31. The Hall–Kier alpha value is -4.39. The third-order valence-corrected chi connectivity index (χ3v) is 8.07. The standard InChI is InChI=1S/C35H43N5O2/c1-26-11-8-9-12-28(26)18-19-33(41)39-24-27-20-22-40(34(42)31(23-27)17-10-21-38-35(36)37)25-32(29-13-4-2-5-14-29)30-15-6-3-7-16-30/h2-9,11-16,18-19,27,31-32H,10,17,20-25H2,1H3,(H,39,41)(H4,36,37,38)/b19-18+/t27-,31-/m1/s1. The summed E-state index contributed by atoms with van der Waals surface area (Å²) in [6, 6.07) is 28.7. The number of rotatable bonds is 12. The van der Waals surface area contributed by atoms with Crippen LogP contribution in [0.5, 0.6) is 0 Å². The van der Waals surface area contributed by atoms with Gasteiger partial charge in [-0.1, -0.05) is 84.9 Å². The second kappa shape index (κ2) is 15.6. The van der Waals surface area contributed by atoms with Crippen LogP contribution in [0.2, 0.25) is 0 Å². The van der Waals surface area contributed by atoms with Crippen molar-refractivity contribution >= 4 is 23.8 Å². The van der Waals surface area contributed by atoms with Gasteiger partial charge in [0.25, 0.3) is 0 Å². The maximum atomic E-state index is 14.0. The fraction of sp³-hybridized carbons (Fsp3) is 0.343. The zero-order valence-corrected chi connectivity index (χ0v) is 24.5. The molecule has 0 aromatic heterocycles. The molecule has 1 aliphatic heterocycles. The first kappa shape index (κ1) is 30.6. The first-order chi connectivity index (χ1) is 20.4. The zero-order valence-electron chi connectivity index (χ0n) is 24.5. The Bertz CT molecular complexity index is 1310. The van der Waals surface area contributed by atoms with E-state index in [1.807, 2.05) is 78.6 Å². The molecule has 0 spiro atoms. The van der Waals surface area contributed by atoms with Crippen molar-refractivity contribution in [2.24, 2.45) is 28.3 Å². The van der Waals surface area contributed by atoms with E-state index in [2.05, 4.69) is 34.6 Å². The van der Waals surface area contributed by atoms with Gasteiger partial charge in [0.15, 0.2) is 5.96 Å². The summed E-state index contributed by atoms with van der Waals surface area (Å²) in [4.78, 5) is 32.8. The Labute approximate surface area is 249 Å². The molecule has 0 bridgehead atoms. The van der Waals surface area contributed by atoms with Crippen molar-refractivity contribution in [1.29, 1.82) is 0 Å².